The predicted octanol–water partition coefficient (Wildman–Crippen LogP) is 2.37. The molecule has 0 unspecified atom stereocenters. The molecule has 2 radical (unpaired) electrons. The first-order valence-electron chi connectivity index (χ1n) is 5.48. The molecule has 0 amide bonds. The molecule has 2 aromatic carbocycles. The first-order chi connectivity index (χ1) is 8.36. The van der Waals surface area contributed by atoms with Crippen LogP contribution in [0.3, 0.4) is 0 Å². The Kier molecular flexibility index (Phi) is 1.52. The van der Waals surface area contributed by atoms with Crippen molar-refractivity contribution in [3.63, 3.8) is 0 Å². The van der Waals surface area contributed by atoms with Crippen molar-refractivity contribution < 1.29 is 0 Å². The third-order valence-corrected chi connectivity index (χ3v) is 3.14. The number of para-hydroxylation sites is 4. The summed E-state index contributed by atoms with van der Waals surface area (Å²) in [5, 5.41) is 0. The minimum atomic E-state index is 0.771. The zero-order valence-electron chi connectivity index (χ0n) is 9.04. The molecule has 17 heavy (non-hydrogen) atoms. The second-order valence-electron chi connectivity index (χ2n) is 4.09. The standard InChI is InChI=1S/C13H8BN3/c14-17-12-8-4-3-7-11(12)16-10-6-2-1-5-9(10)15-13(16)17/h1-8H. The maximum Gasteiger partial charge on any atom is 0.239 e. The fourth-order valence-corrected chi connectivity index (χ4v) is 2.38. The molecule has 0 atom stereocenters. The number of aromatic nitrogens is 3. The highest BCUT2D eigenvalue weighted by Gasteiger charge is 2.11. The van der Waals surface area contributed by atoms with Gasteiger partial charge in [0.15, 0.2) is 0 Å². The molecule has 3 nitrogen and oxygen atoms in total. The van der Waals surface area contributed by atoms with E-state index in [4.69, 9.17) is 7.98 Å². The molecule has 4 heteroatoms. The summed E-state index contributed by atoms with van der Waals surface area (Å²) in [6, 6.07) is 16.1. The number of imidazole rings is 2. The third kappa shape index (κ3) is 0.997. The van der Waals surface area contributed by atoms with E-state index in [1.165, 1.54) is 0 Å². The highest BCUT2D eigenvalue weighted by atomic mass is 15.2. The molecule has 2 heterocycles. The van der Waals surface area contributed by atoms with Gasteiger partial charge in [0.1, 0.15) is 0 Å². The summed E-state index contributed by atoms with van der Waals surface area (Å²) >= 11 is 0. The van der Waals surface area contributed by atoms with E-state index in [0.29, 0.717) is 0 Å². The van der Waals surface area contributed by atoms with Crippen LogP contribution in [0.2, 0.25) is 0 Å². The Balaban J connectivity index is 2.41. The Morgan fingerprint density at radius 3 is 2.29 bits per heavy atom. The largest absolute Gasteiger partial charge is 0.367 e. The average molecular weight is 217 g/mol. The second-order valence-corrected chi connectivity index (χ2v) is 4.09. The fourth-order valence-electron chi connectivity index (χ4n) is 2.38. The van der Waals surface area contributed by atoms with E-state index in [9.17, 15) is 0 Å². The van der Waals surface area contributed by atoms with Crippen molar-refractivity contribution in [1.82, 2.24) is 13.9 Å². The summed E-state index contributed by atoms with van der Waals surface area (Å²) in [5.74, 6) is 0.771. The summed E-state index contributed by atoms with van der Waals surface area (Å²) < 4.78 is 3.72. The Morgan fingerprint density at radius 1 is 0.824 bits per heavy atom. The van der Waals surface area contributed by atoms with E-state index < -0.39 is 0 Å². The first kappa shape index (κ1) is 8.87. The van der Waals surface area contributed by atoms with Crippen LogP contribution >= 0.6 is 0 Å². The molecule has 0 aliphatic heterocycles. The molecule has 0 spiro atoms. The minimum absolute atomic E-state index is 0.771. The number of hydrogen-bond acceptors (Lipinski definition) is 1. The van der Waals surface area contributed by atoms with Crippen molar-refractivity contribution in [1.29, 1.82) is 0 Å². The monoisotopic (exact) mass is 217 g/mol. The zero-order valence-corrected chi connectivity index (χ0v) is 9.04. The van der Waals surface area contributed by atoms with Crippen LogP contribution in [0.5, 0.6) is 0 Å². The average Bonchev–Trinajstić information content (AvgIpc) is 2.88. The predicted molar refractivity (Wildman–Crippen MR) is 69.3 cm³/mol. The van der Waals surface area contributed by atoms with Gasteiger partial charge in [-0.15, -0.1) is 0 Å². The SMILES string of the molecule is [B]n1c2ccccc2n2c3ccccc3nc12. The van der Waals surface area contributed by atoms with E-state index in [2.05, 4.69) is 21.5 Å². The van der Waals surface area contributed by atoms with Gasteiger partial charge in [0, 0.05) is 0 Å². The molecular formula is C13H8BN3. The number of hydrogen-bond donors (Lipinski definition) is 0. The first-order valence-corrected chi connectivity index (χ1v) is 5.48. The topological polar surface area (TPSA) is 22.2 Å². The van der Waals surface area contributed by atoms with E-state index >= 15 is 0 Å². The summed E-state index contributed by atoms with van der Waals surface area (Å²) in [7, 11) is 6.07. The quantitative estimate of drug-likeness (QED) is 0.414. The maximum atomic E-state index is 6.07. The highest BCUT2D eigenvalue weighted by Crippen LogP contribution is 2.24. The molecule has 0 aliphatic carbocycles. The van der Waals surface area contributed by atoms with Gasteiger partial charge < -0.3 is 4.48 Å². The van der Waals surface area contributed by atoms with Crippen molar-refractivity contribution in [2.24, 2.45) is 0 Å². The van der Waals surface area contributed by atoms with Crippen LogP contribution in [0.25, 0.3) is 27.8 Å². The number of nitrogens with zero attached hydrogens (tertiary/aromatic N) is 3. The van der Waals surface area contributed by atoms with Crippen molar-refractivity contribution in [2.75, 3.05) is 0 Å². The lowest BCUT2D eigenvalue weighted by atomic mass is 10.2. The van der Waals surface area contributed by atoms with Gasteiger partial charge in [-0.2, -0.15) is 0 Å². The van der Waals surface area contributed by atoms with Crippen LogP contribution in [0.4, 0.5) is 0 Å². The number of fused-ring (bicyclic) bond motifs is 5. The van der Waals surface area contributed by atoms with Gasteiger partial charge in [0.25, 0.3) is 0 Å². The van der Waals surface area contributed by atoms with E-state index in [-0.39, 0.29) is 0 Å². The summed E-state index contributed by atoms with van der Waals surface area (Å²) in [6.45, 7) is 0. The second kappa shape index (κ2) is 2.91. The van der Waals surface area contributed by atoms with Crippen LogP contribution in [-0.2, 0) is 0 Å². The Hall–Kier alpha value is -2.23. The molecule has 0 aliphatic rings. The maximum absolute atomic E-state index is 6.07. The van der Waals surface area contributed by atoms with Gasteiger partial charge in [0.05, 0.1) is 22.1 Å². The summed E-state index contributed by atoms with van der Waals surface area (Å²) in [4.78, 5) is 4.55. The fraction of sp³-hybridized carbons (Fsp3) is 0. The van der Waals surface area contributed by atoms with Gasteiger partial charge in [-0.1, -0.05) is 24.3 Å². The van der Waals surface area contributed by atoms with Gasteiger partial charge in [-0.3, -0.25) is 4.40 Å². The van der Waals surface area contributed by atoms with Crippen molar-refractivity contribution in [3.8, 4) is 0 Å². The lowest BCUT2D eigenvalue weighted by molar-refractivity contribution is 1.23. The lowest BCUT2D eigenvalue weighted by Crippen LogP contribution is -1.91. The molecule has 2 aromatic heterocycles. The van der Waals surface area contributed by atoms with Gasteiger partial charge >= 0.3 is 0 Å². The Bertz CT molecular complexity index is 857. The molecule has 78 valence electrons. The van der Waals surface area contributed by atoms with Crippen molar-refractivity contribution in [3.05, 3.63) is 48.5 Å². The Labute approximate surface area is 98.7 Å². The van der Waals surface area contributed by atoms with Crippen molar-refractivity contribution >= 4 is 35.8 Å². The van der Waals surface area contributed by atoms with Crippen LogP contribution in [-0.4, -0.2) is 21.8 Å². The van der Waals surface area contributed by atoms with Crippen LogP contribution < -0.4 is 0 Å². The minimum Gasteiger partial charge on any atom is -0.367 e. The molecule has 0 N–H and O–H groups in total. The van der Waals surface area contributed by atoms with Gasteiger partial charge in [0.2, 0.25) is 13.8 Å². The molecule has 0 saturated carbocycles. The molecule has 4 aromatic rings. The molecular weight excluding hydrogens is 209 g/mol. The van der Waals surface area contributed by atoms with Crippen LogP contribution in [0.1, 0.15) is 0 Å². The highest BCUT2D eigenvalue weighted by molar-refractivity contribution is 6.14. The summed E-state index contributed by atoms with van der Waals surface area (Å²) in [6.07, 6.45) is 0. The smallest absolute Gasteiger partial charge is 0.239 e. The van der Waals surface area contributed by atoms with E-state index in [1.807, 2.05) is 36.4 Å². The number of rotatable bonds is 0. The molecule has 0 bridgehead atoms. The lowest BCUT2D eigenvalue weighted by Gasteiger charge is -1.94. The number of benzene rings is 2. The molecule has 4 rings (SSSR count). The zero-order chi connectivity index (χ0) is 11.4. The van der Waals surface area contributed by atoms with Crippen LogP contribution in [0.15, 0.2) is 48.5 Å². The van der Waals surface area contributed by atoms with E-state index in [0.717, 1.165) is 27.8 Å². The third-order valence-electron chi connectivity index (χ3n) is 3.14. The molecule has 0 fully saturated rings. The van der Waals surface area contributed by atoms with Gasteiger partial charge in [-0.25, -0.2) is 4.98 Å². The summed E-state index contributed by atoms with van der Waals surface area (Å²) in [5.41, 5.74) is 4.12. The van der Waals surface area contributed by atoms with E-state index in [1.54, 1.807) is 4.48 Å². The van der Waals surface area contributed by atoms with Crippen LogP contribution in [0, 0.1) is 0 Å². The Morgan fingerprint density at radius 2 is 1.47 bits per heavy atom. The van der Waals surface area contributed by atoms with Crippen molar-refractivity contribution in [2.45, 2.75) is 0 Å². The normalized spacial score (nSPS) is 11.8. The van der Waals surface area contributed by atoms with Gasteiger partial charge in [-0.05, 0) is 24.3 Å². The molecule has 0 saturated heterocycles.